The number of para-hydroxylation sites is 2. The van der Waals surface area contributed by atoms with Gasteiger partial charge in [-0.25, -0.2) is 14.4 Å². The van der Waals surface area contributed by atoms with Crippen molar-refractivity contribution in [1.29, 1.82) is 0 Å². The minimum absolute atomic E-state index is 0.143. The van der Waals surface area contributed by atoms with Gasteiger partial charge in [0, 0.05) is 31.7 Å². The zero-order valence-corrected chi connectivity index (χ0v) is 22.7. The highest BCUT2D eigenvalue weighted by atomic mass is 16.4. The van der Waals surface area contributed by atoms with Crippen LogP contribution in [-0.2, 0) is 11.3 Å². The van der Waals surface area contributed by atoms with Gasteiger partial charge in [0.1, 0.15) is 0 Å². The number of pyridine rings is 1. The lowest BCUT2D eigenvalue weighted by Crippen LogP contribution is -2.67. The smallest absolute Gasteiger partial charge is 0.329 e. The van der Waals surface area contributed by atoms with Crippen LogP contribution in [0, 0.1) is 0 Å². The summed E-state index contributed by atoms with van der Waals surface area (Å²) >= 11 is 0. The summed E-state index contributed by atoms with van der Waals surface area (Å²) in [4.78, 5) is 51.3. The molecular weight excluding hydrogens is 518 g/mol. The molecule has 1 N–H and O–H groups in total. The van der Waals surface area contributed by atoms with Crippen LogP contribution < -0.4 is 4.90 Å². The SMILES string of the molecule is CN(Cc1ccc2ncccc2c1)C(=O)N1[C@H]2CC[C@@H]1[C@@H](C(=O)O)N(C(=O)N(c1ccccc1)c1ccccc1)C2. The van der Waals surface area contributed by atoms with Gasteiger partial charge in [-0.3, -0.25) is 9.88 Å². The maximum absolute atomic E-state index is 14.2. The number of carbonyl (C=O) groups excluding carboxylic acids is 2. The lowest BCUT2D eigenvalue weighted by Gasteiger charge is -2.47. The summed E-state index contributed by atoms with van der Waals surface area (Å²) in [5, 5.41) is 11.4. The van der Waals surface area contributed by atoms with Crippen molar-refractivity contribution >= 4 is 40.3 Å². The molecule has 6 rings (SSSR count). The normalized spacial score (nSPS) is 19.7. The van der Waals surface area contributed by atoms with Gasteiger partial charge in [0.05, 0.1) is 29.0 Å². The van der Waals surface area contributed by atoms with E-state index < -0.39 is 24.1 Å². The maximum Gasteiger partial charge on any atom is 0.329 e. The van der Waals surface area contributed by atoms with E-state index in [1.807, 2.05) is 91.0 Å². The van der Waals surface area contributed by atoms with Gasteiger partial charge >= 0.3 is 18.0 Å². The number of rotatable bonds is 5. The first kappa shape index (κ1) is 26.3. The number of anilines is 2. The molecule has 1 aromatic heterocycles. The number of carboxylic acid groups (broad SMARTS) is 1. The van der Waals surface area contributed by atoms with Gasteiger partial charge in [0.2, 0.25) is 0 Å². The number of aromatic nitrogens is 1. The summed E-state index contributed by atoms with van der Waals surface area (Å²) in [6.07, 6.45) is 2.90. The highest BCUT2D eigenvalue weighted by Crippen LogP contribution is 2.37. The molecule has 9 nitrogen and oxygen atoms in total. The zero-order valence-electron chi connectivity index (χ0n) is 22.7. The number of piperazine rings is 1. The summed E-state index contributed by atoms with van der Waals surface area (Å²) in [6, 6.07) is 25.5. The average Bonchev–Trinajstić information content (AvgIpc) is 3.29. The molecule has 4 aromatic rings. The van der Waals surface area contributed by atoms with Crippen molar-refractivity contribution in [2.24, 2.45) is 0 Å². The molecule has 3 atom stereocenters. The van der Waals surface area contributed by atoms with Crippen molar-refractivity contribution in [1.82, 2.24) is 19.7 Å². The van der Waals surface area contributed by atoms with Gasteiger partial charge in [-0.1, -0.05) is 48.5 Å². The number of fused-ring (bicyclic) bond motifs is 3. The Kier molecular flexibility index (Phi) is 7.01. The number of carboxylic acids is 1. The second kappa shape index (κ2) is 10.9. The topological polar surface area (TPSA) is 97.3 Å². The van der Waals surface area contributed by atoms with E-state index in [4.69, 9.17) is 0 Å². The predicted molar refractivity (Wildman–Crippen MR) is 156 cm³/mol. The molecule has 2 bridgehead atoms. The number of amides is 4. The van der Waals surface area contributed by atoms with E-state index in [0.717, 1.165) is 16.5 Å². The third-order valence-electron chi connectivity index (χ3n) is 8.01. The fourth-order valence-electron chi connectivity index (χ4n) is 6.16. The van der Waals surface area contributed by atoms with Crippen molar-refractivity contribution in [3.63, 3.8) is 0 Å². The van der Waals surface area contributed by atoms with E-state index >= 15 is 0 Å². The number of hydrogen-bond acceptors (Lipinski definition) is 4. The second-order valence-corrected chi connectivity index (χ2v) is 10.6. The molecule has 0 unspecified atom stereocenters. The van der Waals surface area contributed by atoms with Gasteiger partial charge in [-0.15, -0.1) is 0 Å². The van der Waals surface area contributed by atoms with Crippen LogP contribution in [0.3, 0.4) is 0 Å². The molecule has 2 aliphatic rings. The van der Waals surface area contributed by atoms with Crippen LogP contribution in [0.25, 0.3) is 10.9 Å². The largest absolute Gasteiger partial charge is 0.480 e. The third-order valence-corrected chi connectivity index (χ3v) is 8.01. The van der Waals surface area contributed by atoms with Crippen molar-refractivity contribution in [2.45, 2.75) is 37.5 Å². The number of hydrogen-bond donors (Lipinski definition) is 1. The Balaban J connectivity index is 1.26. The minimum Gasteiger partial charge on any atom is -0.480 e. The Morgan fingerprint density at radius 3 is 2.22 bits per heavy atom. The Labute approximate surface area is 238 Å². The van der Waals surface area contributed by atoms with Gasteiger partial charge in [-0.2, -0.15) is 0 Å². The van der Waals surface area contributed by atoms with Crippen molar-refractivity contribution in [3.8, 4) is 0 Å². The molecule has 0 radical (unpaired) electrons. The average molecular weight is 550 g/mol. The lowest BCUT2D eigenvalue weighted by atomic mass is 10.0. The first-order valence-corrected chi connectivity index (χ1v) is 13.7. The molecule has 2 fully saturated rings. The number of likely N-dealkylation sites (tertiary alicyclic amines) is 1. The molecular formula is C32H31N5O4. The Morgan fingerprint density at radius 2 is 1.56 bits per heavy atom. The molecule has 2 saturated heterocycles. The number of benzene rings is 3. The van der Waals surface area contributed by atoms with E-state index in [0.29, 0.717) is 30.8 Å². The first-order chi connectivity index (χ1) is 19.9. The maximum atomic E-state index is 14.2. The van der Waals surface area contributed by atoms with Gasteiger partial charge in [0.25, 0.3) is 0 Å². The molecule has 3 heterocycles. The van der Waals surface area contributed by atoms with Crippen LogP contribution in [0.15, 0.2) is 97.2 Å². The lowest BCUT2D eigenvalue weighted by molar-refractivity contribution is -0.145. The minimum atomic E-state index is -1.17. The molecule has 208 valence electrons. The summed E-state index contributed by atoms with van der Waals surface area (Å²) < 4.78 is 0. The van der Waals surface area contributed by atoms with Crippen LogP contribution in [0.4, 0.5) is 21.0 Å². The van der Waals surface area contributed by atoms with Crippen LogP contribution in [0.1, 0.15) is 18.4 Å². The molecule has 0 spiro atoms. The van der Waals surface area contributed by atoms with Crippen molar-refractivity contribution < 1.29 is 19.5 Å². The second-order valence-electron chi connectivity index (χ2n) is 10.6. The van der Waals surface area contributed by atoms with Gasteiger partial charge < -0.3 is 19.8 Å². The van der Waals surface area contributed by atoms with E-state index in [1.165, 1.54) is 4.90 Å². The van der Waals surface area contributed by atoms with E-state index in [9.17, 15) is 19.5 Å². The van der Waals surface area contributed by atoms with Crippen molar-refractivity contribution in [2.75, 3.05) is 18.5 Å². The Hall–Kier alpha value is -4.92. The number of urea groups is 2. The molecule has 9 heteroatoms. The standard InChI is InChI=1S/C32H31N5O4/c1-34(20-22-14-16-27-23(19-22)9-8-18-33-27)31(40)37-26-15-17-28(37)29(30(38)39)35(21-26)32(41)36(24-10-4-2-5-11-24)25-12-6-3-7-13-25/h2-14,16,18-19,26,28-29H,15,17,20-21H2,1H3,(H,38,39)/t26-,28+,29-/m0/s1. The predicted octanol–water partition coefficient (Wildman–Crippen LogP) is 5.35. The zero-order chi connectivity index (χ0) is 28.5. The van der Waals surface area contributed by atoms with Crippen LogP contribution in [0.5, 0.6) is 0 Å². The van der Waals surface area contributed by atoms with Crippen molar-refractivity contribution in [3.05, 3.63) is 103 Å². The highest BCUT2D eigenvalue weighted by Gasteiger charge is 2.54. The van der Waals surface area contributed by atoms with Gasteiger partial charge in [-0.05, 0) is 60.9 Å². The molecule has 41 heavy (non-hydrogen) atoms. The van der Waals surface area contributed by atoms with E-state index in [-0.39, 0.29) is 18.6 Å². The fraction of sp³-hybridized carbons (Fsp3) is 0.250. The van der Waals surface area contributed by atoms with E-state index in [1.54, 1.807) is 27.9 Å². The molecule has 0 saturated carbocycles. The molecule has 0 aliphatic carbocycles. The molecule has 4 amide bonds. The van der Waals surface area contributed by atoms with Gasteiger partial charge in [0.15, 0.2) is 6.04 Å². The third kappa shape index (κ3) is 4.95. The Morgan fingerprint density at radius 1 is 0.878 bits per heavy atom. The quantitative estimate of drug-likeness (QED) is 0.362. The first-order valence-electron chi connectivity index (χ1n) is 13.7. The fourth-order valence-corrected chi connectivity index (χ4v) is 6.16. The Bertz CT molecular complexity index is 1540. The molecule has 3 aromatic carbocycles. The number of aliphatic carboxylic acids is 1. The number of nitrogens with zero attached hydrogens (tertiary/aromatic N) is 5. The van der Waals surface area contributed by atoms with Crippen LogP contribution in [0.2, 0.25) is 0 Å². The monoisotopic (exact) mass is 549 g/mol. The summed E-state index contributed by atoms with van der Waals surface area (Å²) in [6.45, 7) is 0.513. The summed E-state index contributed by atoms with van der Waals surface area (Å²) in [5.74, 6) is -1.12. The molecule has 2 aliphatic heterocycles. The van der Waals surface area contributed by atoms with Crippen LogP contribution >= 0.6 is 0 Å². The van der Waals surface area contributed by atoms with Crippen LogP contribution in [-0.4, -0.2) is 74.5 Å². The summed E-state index contributed by atoms with van der Waals surface area (Å²) in [7, 11) is 1.73. The summed E-state index contributed by atoms with van der Waals surface area (Å²) in [5.41, 5.74) is 3.13. The highest BCUT2D eigenvalue weighted by molar-refractivity contribution is 6.01. The van der Waals surface area contributed by atoms with E-state index in [2.05, 4.69) is 4.98 Å². The number of carbonyl (C=O) groups is 3.